The molecule has 1 aromatic rings. The molecule has 1 aromatic carbocycles. The molecule has 2 atom stereocenters. The monoisotopic (exact) mass is 376 g/mol. The van der Waals surface area contributed by atoms with E-state index in [1.54, 1.807) is 12.1 Å². The number of rotatable bonds is 6. The molecule has 8 nitrogen and oxygen atoms in total. The Morgan fingerprint density at radius 2 is 2.04 bits per heavy atom. The number of nitrogens with zero attached hydrogens (tertiary/aromatic N) is 1. The predicted molar refractivity (Wildman–Crippen MR) is 95.4 cm³/mol. The van der Waals surface area contributed by atoms with Crippen molar-refractivity contribution in [1.82, 2.24) is 10.2 Å². The van der Waals surface area contributed by atoms with Crippen LogP contribution in [0.3, 0.4) is 0 Å². The lowest BCUT2D eigenvalue weighted by Crippen LogP contribution is -2.47. The number of carbonyl (C=O) groups is 3. The van der Waals surface area contributed by atoms with E-state index in [0.29, 0.717) is 30.2 Å². The number of likely N-dealkylation sites (tertiary alicyclic amines) is 1. The van der Waals surface area contributed by atoms with E-state index in [-0.39, 0.29) is 29.5 Å². The van der Waals surface area contributed by atoms with Gasteiger partial charge in [-0.25, -0.2) is 4.79 Å². The first kappa shape index (κ1) is 19.0. The van der Waals surface area contributed by atoms with Crippen molar-refractivity contribution in [2.24, 2.45) is 5.92 Å². The SMILES string of the molecule is COc1ccc2c(c1OC)C(=O)O[C@H]2N1C(=O)CC[C@H]1C(=O)NCC(C)C. The maximum atomic E-state index is 12.6. The van der Waals surface area contributed by atoms with E-state index >= 15 is 0 Å². The van der Waals surface area contributed by atoms with Crippen LogP contribution < -0.4 is 14.8 Å². The van der Waals surface area contributed by atoms with Crippen molar-refractivity contribution in [3.05, 3.63) is 23.3 Å². The Hall–Kier alpha value is -2.77. The van der Waals surface area contributed by atoms with Gasteiger partial charge in [0, 0.05) is 18.5 Å². The first-order chi connectivity index (χ1) is 12.9. The van der Waals surface area contributed by atoms with Gasteiger partial charge in [-0.15, -0.1) is 0 Å². The summed E-state index contributed by atoms with van der Waals surface area (Å²) >= 11 is 0. The first-order valence-electron chi connectivity index (χ1n) is 8.93. The molecule has 0 bridgehead atoms. The fourth-order valence-electron chi connectivity index (χ4n) is 3.47. The van der Waals surface area contributed by atoms with E-state index in [0.717, 1.165) is 0 Å². The van der Waals surface area contributed by atoms with Gasteiger partial charge in [0.25, 0.3) is 0 Å². The second-order valence-corrected chi connectivity index (χ2v) is 7.02. The molecule has 0 aliphatic carbocycles. The van der Waals surface area contributed by atoms with Crippen molar-refractivity contribution >= 4 is 17.8 Å². The lowest BCUT2D eigenvalue weighted by molar-refractivity contribution is -0.145. The van der Waals surface area contributed by atoms with Gasteiger partial charge in [0.2, 0.25) is 18.0 Å². The Morgan fingerprint density at radius 1 is 1.30 bits per heavy atom. The molecule has 2 heterocycles. The van der Waals surface area contributed by atoms with Crippen molar-refractivity contribution in [2.45, 2.75) is 39.0 Å². The number of methoxy groups -OCH3 is 2. The highest BCUT2D eigenvalue weighted by Gasteiger charge is 2.47. The minimum Gasteiger partial charge on any atom is -0.493 e. The van der Waals surface area contributed by atoms with Gasteiger partial charge < -0.3 is 19.5 Å². The van der Waals surface area contributed by atoms with E-state index < -0.39 is 18.2 Å². The predicted octanol–water partition coefficient (Wildman–Crippen LogP) is 1.64. The molecule has 1 fully saturated rings. The van der Waals surface area contributed by atoms with Crippen LogP contribution in [0.1, 0.15) is 48.8 Å². The summed E-state index contributed by atoms with van der Waals surface area (Å²) < 4.78 is 16.0. The molecule has 146 valence electrons. The molecule has 8 heteroatoms. The number of carbonyl (C=O) groups excluding carboxylic acids is 3. The zero-order chi connectivity index (χ0) is 19.7. The van der Waals surface area contributed by atoms with E-state index in [2.05, 4.69) is 5.32 Å². The highest BCUT2D eigenvalue weighted by atomic mass is 16.6. The molecule has 0 aromatic heterocycles. The molecular weight excluding hydrogens is 352 g/mol. The maximum absolute atomic E-state index is 12.6. The van der Waals surface area contributed by atoms with Crippen LogP contribution in [-0.4, -0.2) is 49.5 Å². The minimum absolute atomic E-state index is 0.222. The van der Waals surface area contributed by atoms with Crippen LogP contribution >= 0.6 is 0 Å². The number of cyclic esters (lactones) is 1. The molecule has 0 unspecified atom stereocenters. The summed E-state index contributed by atoms with van der Waals surface area (Å²) in [7, 11) is 2.91. The number of amides is 2. The largest absolute Gasteiger partial charge is 0.493 e. The highest BCUT2D eigenvalue weighted by molar-refractivity contribution is 5.99. The Morgan fingerprint density at radius 3 is 2.67 bits per heavy atom. The standard InChI is InChI=1S/C19H24N2O6/c1-10(2)9-20-17(23)12-6-8-14(22)21(12)18-11-5-7-13(25-3)16(26-4)15(11)19(24)27-18/h5,7,10,12,18H,6,8-9H2,1-4H3,(H,20,23)/t12-,18+/m0/s1. The summed E-state index contributed by atoms with van der Waals surface area (Å²) in [4.78, 5) is 38.9. The number of hydrogen-bond donors (Lipinski definition) is 1. The van der Waals surface area contributed by atoms with Gasteiger partial charge in [0.15, 0.2) is 11.5 Å². The van der Waals surface area contributed by atoms with Crippen LogP contribution in [0.15, 0.2) is 12.1 Å². The van der Waals surface area contributed by atoms with Crippen LogP contribution in [0, 0.1) is 5.92 Å². The summed E-state index contributed by atoms with van der Waals surface area (Å²) in [5.41, 5.74) is 0.720. The van der Waals surface area contributed by atoms with E-state index in [1.165, 1.54) is 19.1 Å². The van der Waals surface area contributed by atoms with Crippen molar-refractivity contribution in [1.29, 1.82) is 0 Å². The number of ether oxygens (including phenoxy) is 3. The second kappa shape index (κ2) is 7.46. The van der Waals surface area contributed by atoms with Gasteiger partial charge in [-0.2, -0.15) is 0 Å². The third kappa shape index (κ3) is 3.31. The molecule has 1 saturated heterocycles. The van der Waals surface area contributed by atoms with Crippen molar-refractivity contribution < 1.29 is 28.6 Å². The topological polar surface area (TPSA) is 94.2 Å². The molecule has 0 radical (unpaired) electrons. The number of hydrogen-bond acceptors (Lipinski definition) is 6. The van der Waals surface area contributed by atoms with Gasteiger partial charge in [-0.3, -0.25) is 14.5 Å². The van der Waals surface area contributed by atoms with Gasteiger partial charge in [0.1, 0.15) is 11.6 Å². The van der Waals surface area contributed by atoms with Gasteiger partial charge in [0.05, 0.1) is 14.2 Å². The molecule has 3 rings (SSSR count). The third-order valence-electron chi connectivity index (χ3n) is 4.76. The van der Waals surface area contributed by atoms with Crippen molar-refractivity contribution in [2.75, 3.05) is 20.8 Å². The van der Waals surface area contributed by atoms with Crippen LogP contribution in [0.5, 0.6) is 11.5 Å². The highest BCUT2D eigenvalue weighted by Crippen LogP contribution is 2.45. The molecule has 2 aliphatic rings. The van der Waals surface area contributed by atoms with E-state index in [4.69, 9.17) is 14.2 Å². The number of benzene rings is 1. The van der Waals surface area contributed by atoms with Crippen LogP contribution in [0.25, 0.3) is 0 Å². The zero-order valence-corrected chi connectivity index (χ0v) is 15.9. The Labute approximate surface area is 157 Å². The molecule has 27 heavy (non-hydrogen) atoms. The number of nitrogens with one attached hydrogen (secondary N) is 1. The lowest BCUT2D eigenvalue weighted by Gasteiger charge is -2.29. The number of fused-ring (bicyclic) bond motifs is 1. The Bertz CT molecular complexity index is 776. The summed E-state index contributed by atoms with van der Waals surface area (Å²) in [5, 5.41) is 2.86. The fraction of sp³-hybridized carbons (Fsp3) is 0.526. The zero-order valence-electron chi connectivity index (χ0n) is 15.9. The van der Waals surface area contributed by atoms with Crippen LogP contribution in [-0.2, 0) is 14.3 Å². The average Bonchev–Trinajstić information content (AvgIpc) is 3.18. The van der Waals surface area contributed by atoms with Gasteiger partial charge >= 0.3 is 5.97 Å². The summed E-state index contributed by atoms with van der Waals surface area (Å²) in [6.45, 7) is 4.50. The molecule has 0 spiro atoms. The van der Waals surface area contributed by atoms with Gasteiger partial charge in [-0.05, 0) is 24.5 Å². The molecule has 2 aliphatic heterocycles. The van der Waals surface area contributed by atoms with E-state index in [9.17, 15) is 14.4 Å². The molecular formula is C19H24N2O6. The van der Waals surface area contributed by atoms with Crippen LogP contribution in [0.2, 0.25) is 0 Å². The van der Waals surface area contributed by atoms with Crippen molar-refractivity contribution in [3.8, 4) is 11.5 Å². The Kier molecular flexibility index (Phi) is 5.25. The van der Waals surface area contributed by atoms with Crippen LogP contribution in [0.4, 0.5) is 0 Å². The quantitative estimate of drug-likeness (QED) is 0.759. The molecule has 2 amide bonds. The normalized spacial score (nSPS) is 21.3. The lowest BCUT2D eigenvalue weighted by atomic mass is 10.0. The van der Waals surface area contributed by atoms with E-state index in [1.807, 2.05) is 13.8 Å². The maximum Gasteiger partial charge on any atom is 0.344 e. The smallest absolute Gasteiger partial charge is 0.344 e. The third-order valence-corrected chi connectivity index (χ3v) is 4.76. The summed E-state index contributed by atoms with van der Waals surface area (Å²) in [6.07, 6.45) is -0.326. The minimum atomic E-state index is -0.947. The second-order valence-electron chi connectivity index (χ2n) is 7.02. The Balaban J connectivity index is 1.94. The first-order valence-corrected chi connectivity index (χ1v) is 8.93. The molecule has 1 N–H and O–H groups in total. The summed E-state index contributed by atoms with van der Waals surface area (Å²) in [5.74, 6) is -0.115. The fourth-order valence-corrected chi connectivity index (χ4v) is 3.47. The molecule has 0 saturated carbocycles. The summed E-state index contributed by atoms with van der Waals surface area (Å²) in [6, 6.07) is 2.65. The average molecular weight is 376 g/mol. The number of esters is 1. The van der Waals surface area contributed by atoms with Gasteiger partial charge in [-0.1, -0.05) is 13.8 Å². The van der Waals surface area contributed by atoms with Crippen molar-refractivity contribution in [3.63, 3.8) is 0 Å².